The lowest BCUT2D eigenvalue weighted by atomic mass is 9.84. The Balaban J connectivity index is 1.59. The lowest BCUT2D eigenvalue weighted by Gasteiger charge is -2.37. The highest BCUT2D eigenvalue weighted by molar-refractivity contribution is 5.81. The third-order valence-electron chi connectivity index (χ3n) is 6.11. The van der Waals surface area contributed by atoms with E-state index in [4.69, 9.17) is 0 Å². The smallest absolute Gasteiger partial charge is 0.317 e. The molecule has 6 heteroatoms. The van der Waals surface area contributed by atoms with Crippen molar-refractivity contribution in [2.75, 3.05) is 45.8 Å². The molecular formula is C23H36N4O2. The first kappa shape index (κ1) is 21.6. The van der Waals surface area contributed by atoms with E-state index < -0.39 is 0 Å². The van der Waals surface area contributed by atoms with Gasteiger partial charge in [0.15, 0.2) is 0 Å². The van der Waals surface area contributed by atoms with Gasteiger partial charge in [-0.2, -0.15) is 0 Å². The molecule has 0 aliphatic carbocycles. The van der Waals surface area contributed by atoms with E-state index in [0.29, 0.717) is 26.2 Å². The van der Waals surface area contributed by atoms with Crippen LogP contribution in [0.25, 0.3) is 0 Å². The minimum atomic E-state index is -0.163. The van der Waals surface area contributed by atoms with Crippen LogP contribution in [-0.4, -0.2) is 67.6 Å². The van der Waals surface area contributed by atoms with Gasteiger partial charge in [-0.25, -0.2) is 4.79 Å². The van der Waals surface area contributed by atoms with Crippen molar-refractivity contribution in [2.24, 2.45) is 5.92 Å². The zero-order valence-corrected chi connectivity index (χ0v) is 17.7. The number of nitrogens with one attached hydrogen (secondary N) is 2. The SMILES string of the molecule is CCCCNC(=O)N1CC(C(=O)NCCN2CCCC2)CC(c2ccccc2)C1. The van der Waals surface area contributed by atoms with Crippen molar-refractivity contribution in [1.82, 2.24) is 20.4 Å². The molecule has 0 radical (unpaired) electrons. The first-order chi connectivity index (χ1) is 14.2. The molecular weight excluding hydrogens is 364 g/mol. The van der Waals surface area contributed by atoms with Crippen molar-refractivity contribution in [3.8, 4) is 0 Å². The quantitative estimate of drug-likeness (QED) is 0.660. The predicted molar refractivity (Wildman–Crippen MR) is 116 cm³/mol. The number of hydrogen-bond donors (Lipinski definition) is 2. The van der Waals surface area contributed by atoms with Gasteiger partial charge in [0.1, 0.15) is 0 Å². The number of urea groups is 1. The molecule has 1 aromatic rings. The fraction of sp³-hybridized carbons (Fsp3) is 0.652. The summed E-state index contributed by atoms with van der Waals surface area (Å²) in [4.78, 5) is 29.8. The van der Waals surface area contributed by atoms with E-state index in [1.54, 1.807) is 0 Å². The Bertz CT molecular complexity index is 646. The van der Waals surface area contributed by atoms with Gasteiger partial charge in [0.2, 0.25) is 5.91 Å². The highest BCUT2D eigenvalue weighted by Gasteiger charge is 2.34. The second-order valence-corrected chi connectivity index (χ2v) is 8.37. The molecule has 2 unspecified atom stereocenters. The van der Waals surface area contributed by atoms with E-state index in [9.17, 15) is 9.59 Å². The highest BCUT2D eigenvalue weighted by atomic mass is 16.2. The molecule has 1 aromatic carbocycles. The lowest BCUT2D eigenvalue weighted by Crippen LogP contribution is -2.51. The summed E-state index contributed by atoms with van der Waals surface area (Å²) in [5.41, 5.74) is 1.20. The number of amides is 3. The normalized spacial score (nSPS) is 22.4. The second-order valence-electron chi connectivity index (χ2n) is 8.37. The molecule has 3 rings (SSSR count). The maximum Gasteiger partial charge on any atom is 0.317 e. The minimum absolute atomic E-state index is 0.0473. The van der Waals surface area contributed by atoms with Gasteiger partial charge in [-0.05, 0) is 44.3 Å². The number of benzene rings is 1. The molecule has 2 saturated heterocycles. The average Bonchev–Trinajstić information content (AvgIpc) is 3.27. The molecule has 29 heavy (non-hydrogen) atoms. The second kappa shape index (κ2) is 11.2. The van der Waals surface area contributed by atoms with Crippen LogP contribution in [0.15, 0.2) is 30.3 Å². The monoisotopic (exact) mass is 400 g/mol. The Hall–Kier alpha value is -2.08. The Morgan fingerprint density at radius 1 is 1.03 bits per heavy atom. The molecule has 0 saturated carbocycles. The van der Waals surface area contributed by atoms with Crippen LogP contribution in [0.1, 0.15) is 50.5 Å². The highest BCUT2D eigenvalue weighted by Crippen LogP contribution is 2.30. The number of unbranched alkanes of at least 4 members (excludes halogenated alkanes) is 1. The van der Waals surface area contributed by atoms with Crippen LogP contribution in [0, 0.1) is 5.92 Å². The topological polar surface area (TPSA) is 64.7 Å². The van der Waals surface area contributed by atoms with E-state index >= 15 is 0 Å². The Labute approximate surface area is 175 Å². The van der Waals surface area contributed by atoms with E-state index in [1.807, 2.05) is 23.1 Å². The van der Waals surface area contributed by atoms with Gasteiger partial charge in [0.25, 0.3) is 0 Å². The van der Waals surface area contributed by atoms with Crippen LogP contribution in [0.4, 0.5) is 4.79 Å². The van der Waals surface area contributed by atoms with Gasteiger partial charge in [-0.3, -0.25) is 4.79 Å². The van der Waals surface area contributed by atoms with E-state index in [1.165, 1.54) is 18.4 Å². The third-order valence-corrected chi connectivity index (χ3v) is 6.11. The standard InChI is InChI=1S/C23H36N4O2/c1-2-3-11-25-23(29)27-17-20(19-9-5-4-6-10-19)16-21(18-27)22(28)24-12-15-26-13-7-8-14-26/h4-6,9-10,20-21H,2-3,7-8,11-18H2,1H3,(H,24,28)(H,25,29). The molecule has 2 heterocycles. The summed E-state index contributed by atoms with van der Waals surface area (Å²) < 4.78 is 0. The molecule has 2 N–H and O–H groups in total. The number of hydrogen-bond acceptors (Lipinski definition) is 3. The average molecular weight is 401 g/mol. The summed E-state index contributed by atoms with van der Waals surface area (Å²) in [6.45, 7) is 7.85. The Morgan fingerprint density at radius 2 is 1.79 bits per heavy atom. The van der Waals surface area contributed by atoms with Crippen molar-refractivity contribution in [3.05, 3.63) is 35.9 Å². The summed E-state index contributed by atoms with van der Waals surface area (Å²) in [6, 6.07) is 10.2. The fourth-order valence-corrected chi connectivity index (χ4v) is 4.39. The number of carbonyl (C=O) groups is 2. The Morgan fingerprint density at radius 3 is 2.52 bits per heavy atom. The van der Waals surface area contributed by atoms with Crippen LogP contribution in [0.2, 0.25) is 0 Å². The maximum absolute atomic E-state index is 12.9. The van der Waals surface area contributed by atoms with Crippen LogP contribution >= 0.6 is 0 Å². The van der Waals surface area contributed by atoms with Gasteiger partial charge in [0, 0.05) is 38.6 Å². The molecule has 0 spiro atoms. The fourth-order valence-electron chi connectivity index (χ4n) is 4.39. The molecule has 6 nitrogen and oxygen atoms in total. The first-order valence-corrected chi connectivity index (χ1v) is 11.2. The van der Waals surface area contributed by atoms with Gasteiger partial charge in [0.05, 0.1) is 5.92 Å². The number of carbonyl (C=O) groups excluding carboxylic acids is 2. The Kier molecular flexibility index (Phi) is 8.35. The summed E-state index contributed by atoms with van der Waals surface area (Å²) >= 11 is 0. The van der Waals surface area contributed by atoms with Crippen LogP contribution < -0.4 is 10.6 Å². The molecule has 3 amide bonds. The summed E-state index contributed by atoms with van der Waals surface area (Å²) in [5.74, 6) is 0.108. The molecule has 160 valence electrons. The van der Waals surface area contributed by atoms with E-state index in [-0.39, 0.29) is 23.8 Å². The van der Waals surface area contributed by atoms with E-state index in [0.717, 1.165) is 38.9 Å². The molecule has 0 aromatic heterocycles. The van der Waals surface area contributed by atoms with Crippen LogP contribution in [0.5, 0.6) is 0 Å². The molecule has 2 aliphatic rings. The predicted octanol–water partition coefficient (Wildman–Crippen LogP) is 2.81. The van der Waals surface area contributed by atoms with Crippen molar-refractivity contribution in [1.29, 1.82) is 0 Å². The van der Waals surface area contributed by atoms with Crippen molar-refractivity contribution < 1.29 is 9.59 Å². The largest absolute Gasteiger partial charge is 0.355 e. The molecule has 2 atom stereocenters. The zero-order valence-electron chi connectivity index (χ0n) is 17.7. The zero-order chi connectivity index (χ0) is 20.5. The molecule has 0 bridgehead atoms. The first-order valence-electron chi connectivity index (χ1n) is 11.2. The van der Waals surface area contributed by atoms with E-state index in [2.05, 4.69) is 34.6 Å². The van der Waals surface area contributed by atoms with Crippen molar-refractivity contribution >= 4 is 11.9 Å². The maximum atomic E-state index is 12.9. The number of piperidine rings is 1. The lowest BCUT2D eigenvalue weighted by molar-refractivity contribution is -0.126. The number of likely N-dealkylation sites (tertiary alicyclic amines) is 2. The molecule has 2 fully saturated rings. The summed E-state index contributed by atoms with van der Waals surface area (Å²) in [6.07, 6.45) is 5.34. The minimum Gasteiger partial charge on any atom is -0.355 e. The number of rotatable bonds is 8. The number of nitrogens with zero attached hydrogens (tertiary/aromatic N) is 2. The van der Waals surface area contributed by atoms with Crippen molar-refractivity contribution in [3.63, 3.8) is 0 Å². The molecule has 2 aliphatic heterocycles. The van der Waals surface area contributed by atoms with Gasteiger partial charge in [-0.1, -0.05) is 43.7 Å². The van der Waals surface area contributed by atoms with Gasteiger partial charge >= 0.3 is 6.03 Å². The van der Waals surface area contributed by atoms with Gasteiger partial charge in [-0.15, -0.1) is 0 Å². The van der Waals surface area contributed by atoms with Crippen LogP contribution in [-0.2, 0) is 4.79 Å². The summed E-state index contributed by atoms with van der Waals surface area (Å²) in [5, 5.41) is 6.14. The van der Waals surface area contributed by atoms with Gasteiger partial charge < -0.3 is 20.4 Å². The summed E-state index contributed by atoms with van der Waals surface area (Å²) in [7, 11) is 0. The van der Waals surface area contributed by atoms with Crippen molar-refractivity contribution in [2.45, 2.75) is 44.9 Å². The third kappa shape index (κ3) is 6.46. The van der Waals surface area contributed by atoms with Crippen LogP contribution in [0.3, 0.4) is 0 Å².